The molecular weight excluding hydrogens is 237 g/mol. The van der Waals surface area contributed by atoms with Gasteiger partial charge in [-0.25, -0.2) is 0 Å². The predicted octanol–water partition coefficient (Wildman–Crippen LogP) is 3.34. The number of rotatable bonds is 0. The van der Waals surface area contributed by atoms with Crippen LogP contribution < -0.4 is 5.73 Å². The van der Waals surface area contributed by atoms with Crippen molar-refractivity contribution in [2.45, 2.75) is 0 Å². The van der Waals surface area contributed by atoms with E-state index in [1.807, 2.05) is 0 Å². The van der Waals surface area contributed by atoms with Crippen LogP contribution in [0.3, 0.4) is 0 Å². The van der Waals surface area contributed by atoms with Crippen LogP contribution in [-0.2, 0) is 0 Å². The first-order valence-electron chi connectivity index (χ1n) is 2.52. The Hall–Kier alpha value is 0.0800. The molecule has 0 heterocycles. The highest BCUT2D eigenvalue weighted by Crippen LogP contribution is 2.33. The van der Waals surface area contributed by atoms with Crippen LogP contribution in [0.4, 0.5) is 5.69 Å². The first-order chi connectivity index (χ1) is 4.63. The Morgan fingerprint density at radius 1 is 1.30 bits per heavy atom. The summed E-state index contributed by atoms with van der Waals surface area (Å²) in [7, 11) is 0. The molecule has 0 saturated carbocycles. The molecule has 0 atom stereocenters. The second-order valence-corrected chi connectivity index (χ2v) is 3.40. The summed E-state index contributed by atoms with van der Waals surface area (Å²) >= 11 is 14.6. The molecule has 10 heavy (non-hydrogen) atoms. The number of hydrogen-bond acceptors (Lipinski definition) is 1. The summed E-state index contributed by atoms with van der Waals surface area (Å²) in [5.41, 5.74) is 6.00. The molecular formula is C6H4BrCl2N. The summed E-state index contributed by atoms with van der Waals surface area (Å²) in [6, 6.07) is 3.44. The highest BCUT2D eigenvalue weighted by atomic mass is 79.9. The molecule has 1 rings (SSSR count). The van der Waals surface area contributed by atoms with Crippen LogP contribution in [-0.4, -0.2) is 0 Å². The highest BCUT2D eigenvalue weighted by Gasteiger charge is 2.03. The lowest BCUT2D eigenvalue weighted by molar-refractivity contribution is 1.63. The number of benzene rings is 1. The summed E-state index contributed by atoms with van der Waals surface area (Å²) in [5.74, 6) is 0. The maximum Gasteiger partial charge on any atom is 0.0833 e. The van der Waals surface area contributed by atoms with E-state index in [0.29, 0.717) is 15.7 Å². The molecule has 1 aromatic carbocycles. The summed E-state index contributed by atoms with van der Waals surface area (Å²) in [6.07, 6.45) is 0. The summed E-state index contributed by atoms with van der Waals surface area (Å²) in [6.45, 7) is 0. The lowest BCUT2D eigenvalue weighted by atomic mass is 10.3. The van der Waals surface area contributed by atoms with Crippen LogP contribution in [0.1, 0.15) is 0 Å². The minimum atomic E-state index is 0.399. The number of hydrogen-bond donors (Lipinski definition) is 1. The van der Waals surface area contributed by atoms with E-state index < -0.39 is 0 Å². The van der Waals surface area contributed by atoms with Crippen molar-refractivity contribution in [1.82, 2.24) is 0 Å². The second-order valence-electron chi connectivity index (χ2n) is 1.76. The molecule has 0 spiro atoms. The van der Waals surface area contributed by atoms with Crippen LogP contribution >= 0.6 is 39.1 Å². The zero-order chi connectivity index (χ0) is 7.72. The molecule has 4 heteroatoms. The maximum atomic E-state index is 5.70. The van der Waals surface area contributed by atoms with E-state index in [9.17, 15) is 0 Å². The Balaban J connectivity index is 3.34. The quantitative estimate of drug-likeness (QED) is 0.547. The molecule has 0 aromatic heterocycles. The molecule has 0 aliphatic heterocycles. The van der Waals surface area contributed by atoms with Crippen molar-refractivity contribution in [1.29, 1.82) is 0 Å². The molecule has 0 saturated heterocycles. The Morgan fingerprint density at radius 3 is 2.40 bits per heavy atom. The fourth-order valence-corrected chi connectivity index (χ4v) is 1.32. The van der Waals surface area contributed by atoms with Gasteiger partial charge in [-0.15, -0.1) is 0 Å². The van der Waals surface area contributed by atoms with Gasteiger partial charge in [0, 0.05) is 4.47 Å². The normalized spacial score (nSPS) is 9.90. The van der Waals surface area contributed by atoms with Crippen molar-refractivity contribution in [3.63, 3.8) is 0 Å². The van der Waals surface area contributed by atoms with Gasteiger partial charge in [0.25, 0.3) is 0 Å². The van der Waals surface area contributed by atoms with E-state index in [-0.39, 0.29) is 0 Å². The molecule has 1 nitrogen and oxygen atoms in total. The van der Waals surface area contributed by atoms with Crippen molar-refractivity contribution in [2.75, 3.05) is 5.73 Å². The van der Waals surface area contributed by atoms with Gasteiger partial charge in [0.1, 0.15) is 0 Å². The maximum absolute atomic E-state index is 5.70. The minimum Gasteiger partial charge on any atom is -0.397 e. The van der Waals surface area contributed by atoms with Gasteiger partial charge in [-0.05, 0) is 28.1 Å². The number of nitrogens with two attached hydrogens (primary N) is 1. The zero-order valence-corrected chi connectivity index (χ0v) is 7.96. The SMILES string of the molecule is Nc1c(Br)ccc(Cl)c1Cl. The smallest absolute Gasteiger partial charge is 0.0833 e. The average Bonchev–Trinajstić information content (AvgIpc) is 1.93. The van der Waals surface area contributed by atoms with E-state index in [2.05, 4.69) is 15.9 Å². The molecule has 2 N–H and O–H groups in total. The highest BCUT2D eigenvalue weighted by molar-refractivity contribution is 9.10. The predicted molar refractivity (Wildman–Crippen MR) is 48.6 cm³/mol. The monoisotopic (exact) mass is 239 g/mol. The molecule has 0 aliphatic rings. The average molecular weight is 241 g/mol. The van der Waals surface area contributed by atoms with Gasteiger partial charge in [0.05, 0.1) is 15.7 Å². The largest absolute Gasteiger partial charge is 0.397 e. The van der Waals surface area contributed by atoms with Crippen molar-refractivity contribution in [3.05, 3.63) is 26.7 Å². The minimum absolute atomic E-state index is 0.399. The van der Waals surface area contributed by atoms with E-state index in [4.69, 9.17) is 28.9 Å². The summed E-state index contributed by atoms with van der Waals surface area (Å²) in [4.78, 5) is 0. The molecule has 0 fully saturated rings. The molecule has 0 unspecified atom stereocenters. The van der Waals surface area contributed by atoms with Crippen LogP contribution in [0, 0.1) is 0 Å². The van der Waals surface area contributed by atoms with E-state index in [0.717, 1.165) is 4.47 Å². The first-order valence-corrected chi connectivity index (χ1v) is 4.07. The Kier molecular flexibility index (Phi) is 2.45. The lowest BCUT2D eigenvalue weighted by Gasteiger charge is -2.01. The van der Waals surface area contributed by atoms with Gasteiger partial charge in [-0.1, -0.05) is 23.2 Å². The topological polar surface area (TPSA) is 26.0 Å². The lowest BCUT2D eigenvalue weighted by Crippen LogP contribution is -1.87. The van der Waals surface area contributed by atoms with Gasteiger partial charge < -0.3 is 5.73 Å². The molecule has 0 radical (unpaired) electrons. The molecule has 0 amide bonds. The molecule has 1 aromatic rings. The third kappa shape index (κ3) is 1.39. The third-order valence-electron chi connectivity index (χ3n) is 1.08. The van der Waals surface area contributed by atoms with Gasteiger partial charge in [-0.2, -0.15) is 0 Å². The standard InChI is InChI=1S/C6H4BrCl2N/c7-3-1-2-4(8)5(9)6(3)10/h1-2H,10H2. The Bertz CT molecular complexity index is 235. The van der Waals surface area contributed by atoms with Crippen molar-refractivity contribution in [2.24, 2.45) is 0 Å². The molecule has 0 bridgehead atoms. The Labute approximate surface area is 77.2 Å². The molecule has 54 valence electrons. The first kappa shape index (κ1) is 8.18. The zero-order valence-electron chi connectivity index (χ0n) is 4.87. The number of halogens is 3. The van der Waals surface area contributed by atoms with Crippen LogP contribution in [0.15, 0.2) is 16.6 Å². The molecule has 0 aliphatic carbocycles. The van der Waals surface area contributed by atoms with E-state index >= 15 is 0 Å². The van der Waals surface area contributed by atoms with Gasteiger partial charge >= 0.3 is 0 Å². The van der Waals surface area contributed by atoms with E-state index in [1.165, 1.54) is 0 Å². The van der Waals surface area contributed by atoms with Crippen molar-refractivity contribution >= 4 is 44.8 Å². The van der Waals surface area contributed by atoms with Crippen LogP contribution in [0.2, 0.25) is 10.0 Å². The van der Waals surface area contributed by atoms with Crippen molar-refractivity contribution < 1.29 is 0 Å². The van der Waals surface area contributed by atoms with Crippen molar-refractivity contribution in [3.8, 4) is 0 Å². The fourth-order valence-electron chi connectivity index (χ4n) is 0.543. The van der Waals surface area contributed by atoms with E-state index in [1.54, 1.807) is 12.1 Å². The van der Waals surface area contributed by atoms with Gasteiger partial charge in [0.2, 0.25) is 0 Å². The number of nitrogen functional groups attached to an aromatic ring is 1. The van der Waals surface area contributed by atoms with Gasteiger partial charge in [0.15, 0.2) is 0 Å². The summed E-state index contributed by atoms with van der Waals surface area (Å²) in [5, 5.41) is 0.874. The van der Waals surface area contributed by atoms with Crippen LogP contribution in [0.25, 0.3) is 0 Å². The van der Waals surface area contributed by atoms with Gasteiger partial charge in [-0.3, -0.25) is 0 Å². The number of anilines is 1. The fraction of sp³-hybridized carbons (Fsp3) is 0. The summed E-state index contributed by atoms with van der Waals surface area (Å²) < 4.78 is 0.766. The van der Waals surface area contributed by atoms with Crippen LogP contribution in [0.5, 0.6) is 0 Å². The second kappa shape index (κ2) is 2.99. The third-order valence-corrected chi connectivity index (χ3v) is 2.59. The Morgan fingerprint density at radius 2 is 1.90 bits per heavy atom.